The van der Waals surface area contributed by atoms with Gasteiger partial charge in [-0.25, -0.2) is 4.98 Å². The van der Waals surface area contributed by atoms with Gasteiger partial charge in [0.05, 0.1) is 11.8 Å². The molecular formula is C16H14N6OS. The molecule has 24 heavy (non-hydrogen) atoms. The first-order chi connectivity index (χ1) is 11.6. The van der Waals surface area contributed by atoms with Gasteiger partial charge in [-0.15, -0.1) is 11.3 Å². The van der Waals surface area contributed by atoms with Gasteiger partial charge in [0, 0.05) is 22.0 Å². The minimum atomic E-state index is -0.180. The highest BCUT2D eigenvalue weighted by atomic mass is 32.1. The van der Waals surface area contributed by atoms with Crippen LogP contribution in [-0.2, 0) is 0 Å². The molecule has 0 spiro atoms. The van der Waals surface area contributed by atoms with Gasteiger partial charge in [0.1, 0.15) is 5.82 Å². The lowest BCUT2D eigenvalue weighted by molar-refractivity contribution is 0.234. The third kappa shape index (κ3) is 2.04. The summed E-state index contributed by atoms with van der Waals surface area (Å²) < 4.78 is 2.63. The highest BCUT2D eigenvalue weighted by Gasteiger charge is 2.17. The number of rotatable bonds is 2. The number of nitrogens with zero attached hydrogens (tertiary/aromatic N) is 3. The van der Waals surface area contributed by atoms with Crippen molar-refractivity contribution >= 4 is 38.7 Å². The van der Waals surface area contributed by atoms with E-state index < -0.39 is 0 Å². The molecule has 0 atom stereocenters. The number of amidine groups is 1. The third-order valence-corrected chi connectivity index (χ3v) is 4.89. The zero-order chi connectivity index (χ0) is 16.8. The van der Waals surface area contributed by atoms with Crippen LogP contribution in [0, 0.1) is 12.3 Å². The van der Waals surface area contributed by atoms with Crippen LogP contribution < -0.4 is 11.2 Å². The molecule has 0 bridgehead atoms. The van der Waals surface area contributed by atoms with Gasteiger partial charge in [0.15, 0.2) is 11.5 Å². The molecule has 4 rings (SSSR count). The second-order valence-corrected chi connectivity index (χ2v) is 6.41. The van der Waals surface area contributed by atoms with Crippen molar-refractivity contribution in [2.24, 2.45) is 0 Å². The Hall–Kier alpha value is -2.97. The summed E-state index contributed by atoms with van der Waals surface area (Å²) in [6, 6.07) is 6.30. The first-order valence-corrected chi connectivity index (χ1v) is 8.07. The van der Waals surface area contributed by atoms with Crippen LogP contribution in [0.2, 0.25) is 0 Å². The largest absolute Gasteiger partial charge is 0.383 e. The van der Waals surface area contributed by atoms with Crippen molar-refractivity contribution in [1.29, 1.82) is 5.41 Å². The quantitative estimate of drug-likeness (QED) is 0.255. The fourth-order valence-electron chi connectivity index (χ4n) is 2.82. The Labute approximate surface area is 140 Å². The van der Waals surface area contributed by atoms with Crippen LogP contribution in [0.5, 0.6) is 0 Å². The van der Waals surface area contributed by atoms with Crippen LogP contribution in [0.25, 0.3) is 26.9 Å². The fourth-order valence-corrected chi connectivity index (χ4v) is 3.73. The minimum Gasteiger partial charge on any atom is -0.383 e. The van der Waals surface area contributed by atoms with Crippen molar-refractivity contribution in [1.82, 2.24) is 20.1 Å². The summed E-state index contributed by atoms with van der Waals surface area (Å²) >= 11 is 1.66. The third-order valence-electron chi connectivity index (χ3n) is 3.93. The Morgan fingerprint density at radius 1 is 1.33 bits per heavy atom. The smallest absolute Gasteiger partial charge is 0.168 e. The molecule has 7 nitrogen and oxygen atoms in total. The molecule has 0 saturated carbocycles. The second-order valence-electron chi connectivity index (χ2n) is 5.49. The Morgan fingerprint density at radius 3 is 2.96 bits per heavy atom. The Kier molecular flexibility index (Phi) is 3.22. The number of nitrogens with one attached hydrogen (secondary N) is 2. The standard InChI is InChI=1S/C16H14N6OS/c1-8-4-9-2-3-24-13(9)10(5-8)11-6-19-16-12(14(17)21-23)7-20-22(16)15(11)18/h2-7,23H,18H2,1H3,(H2,17,21). The lowest BCUT2D eigenvalue weighted by atomic mass is 10.0. The number of benzene rings is 1. The van der Waals surface area contributed by atoms with Gasteiger partial charge in [-0.2, -0.15) is 9.61 Å². The van der Waals surface area contributed by atoms with E-state index in [9.17, 15) is 0 Å². The van der Waals surface area contributed by atoms with Crippen LogP contribution in [0.15, 0.2) is 36.0 Å². The number of aromatic nitrogens is 3. The maximum absolute atomic E-state index is 8.92. The molecule has 3 aromatic heterocycles. The predicted molar refractivity (Wildman–Crippen MR) is 94.7 cm³/mol. The topological polar surface area (TPSA) is 112 Å². The molecule has 0 unspecified atom stereocenters. The van der Waals surface area contributed by atoms with Crippen LogP contribution in [-0.4, -0.2) is 25.6 Å². The van der Waals surface area contributed by atoms with Crippen LogP contribution in [0.3, 0.4) is 0 Å². The molecule has 4 aromatic rings. The number of fused-ring (bicyclic) bond motifs is 2. The van der Waals surface area contributed by atoms with E-state index in [4.69, 9.17) is 16.4 Å². The van der Waals surface area contributed by atoms with Gasteiger partial charge in [0.25, 0.3) is 0 Å². The highest BCUT2D eigenvalue weighted by Crippen LogP contribution is 2.36. The monoisotopic (exact) mass is 338 g/mol. The highest BCUT2D eigenvalue weighted by molar-refractivity contribution is 7.17. The average molecular weight is 338 g/mol. The van der Waals surface area contributed by atoms with Crippen molar-refractivity contribution in [2.45, 2.75) is 6.92 Å². The summed E-state index contributed by atoms with van der Waals surface area (Å²) in [6.45, 7) is 2.04. The summed E-state index contributed by atoms with van der Waals surface area (Å²) in [5.74, 6) is 0.262. The van der Waals surface area contributed by atoms with Gasteiger partial charge in [-0.05, 0) is 35.4 Å². The molecule has 0 amide bonds. The molecule has 0 aliphatic heterocycles. The predicted octanol–water partition coefficient (Wildman–Crippen LogP) is 2.81. The van der Waals surface area contributed by atoms with E-state index in [2.05, 4.69) is 33.7 Å². The van der Waals surface area contributed by atoms with E-state index >= 15 is 0 Å². The summed E-state index contributed by atoms with van der Waals surface area (Å²) in [5.41, 5.74) is 11.9. The molecule has 120 valence electrons. The molecular weight excluding hydrogens is 324 g/mol. The summed E-state index contributed by atoms with van der Waals surface area (Å²) in [5, 5.41) is 24.0. The number of hydrogen-bond donors (Lipinski definition) is 4. The van der Waals surface area contributed by atoms with E-state index in [1.165, 1.54) is 16.1 Å². The van der Waals surface area contributed by atoms with Crippen molar-refractivity contribution in [2.75, 3.05) is 5.73 Å². The zero-order valence-corrected chi connectivity index (χ0v) is 13.6. The summed E-state index contributed by atoms with van der Waals surface area (Å²) in [4.78, 5) is 4.40. The van der Waals surface area contributed by atoms with Crippen molar-refractivity contribution in [3.63, 3.8) is 0 Å². The first-order valence-electron chi connectivity index (χ1n) is 7.19. The molecule has 5 N–H and O–H groups in total. The van der Waals surface area contributed by atoms with E-state index in [0.717, 1.165) is 21.4 Å². The van der Waals surface area contributed by atoms with Crippen molar-refractivity contribution in [3.05, 3.63) is 47.1 Å². The van der Waals surface area contributed by atoms with Gasteiger partial charge in [0.2, 0.25) is 0 Å². The lowest BCUT2D eigenvalue weighted by Gasteiger charge is -2.10. The number of nitrogens with two attached hydrogens (primary N) is 1. The normalized spacial score (nSPS) is 11.2. The number of hydroxylamine groups is 1. The van der Waals surface area contributed by atoms with E-state index in [-0.39, 0.29) is 5.84 Å². The van der Waals surface area contributed by atoms with E-state index in [1.807, 2.05) is 6.92 Å². The molecule has 8 heteroatoms. The number of aryl methyl sites for hydroxylation is 1. The minimum absolute atomic E-state index is 0.180. The fraction of sp³-hybridized carbons (Fsp3) is 0.0625. The molecule has 0 radical (unpaired) electrons. The van der Waals surface area contributed by atoms with Gasteiger partial charge < -0.3 is 5.73 Å². The SMILES string of the molecule is Cc1cc(-c2cnc3c(C(=N)NO)cnn3c2N)c2sccc2c1. The van der Waals surface area contributed by atoms with Crippen LogP contribution in [0.4, 0.5) is 5.82 Å². The van der Waals surface area contributed by atoms with E-state index in [1.54, 1.807) is 23.0 Å². The Morgan fingerprint density at radius 2 is 2.17 bits per heavy atom. The van der Waals surface area contributed by atoms with Crippen molar-refractivity contribution < 1.29 is 5.21 Å². The Balaban J connectivity index is 1.99. The molecule has 3 heterocycles. The summed E-state index contributed by atoms with van der Waals surface area (Å²) in [7, 11) is 0. The zero-order valence-electron chi connectivity index (χ0n) is 12.7. The molecule has 0 aliphatic carbocycles. The van der Waals surface area contributed by atoms with Gasteiger partial charge in [-0.1, -0.05) is 6.07 Å². The molecule has 1 aromatic carbocycles. The maximum Gasteiger partial charge on any atom is 0.168 e. The molecule has 0 aliphatic rings. The van der Waals surface area contributed by atoms with Crippen LogP contribution >= 0.6 is 11.3 Å². The molecule has 0 fully saturated rings. The molecule has 0 saturated heterocycles. The number of nitrogen functional groups attached to an aromatic ring is 1. The van der Waals surface area contributed by atoms with Crippen molar-refractivity contribution in [3.8, 4) is 11.1 Å². The summed E-state index contributed by atoms with van der Waals surface area (Å²) in [6.07, 6.45) is 3.14. The second kappa shape index (κ2) is 5.29. The van der Waals surface area contributed by atoms with E-state index in [0.29, 0.717) is 17.0 Å². The number of anilines is 1. The van der Waals surface area contributed by atoms with Gasteiger partial charge >= 0.3 is 0 Å². The van der Waals surface area contributed by atoms with Crippen LogP contribution in [0.1, 0.15) is 11.1 Å². The van der Waals surface area contributed by atoms with Gasteiger partial charge in [-0.3, -0.25) is 16.1 Å². The average Bonchev–Trinajstić information content (AvgIpc) is 3.20. The number of hydrogen-bond acceptors (Lipinski definition) is 6. The number of thiophene rings is 1. The lowest BCUT2D eigenvalue weighted by Crippen LogP contribution is -2.18. The maximum atomic E-state index is 8.92. The first kappa shape index (κ1) is 14.6. The Bertz CT molecular complexity index is 1100.